The van der Waals surface area contributed by atoms with Gasteiger partial charge in [-0.1, -0.05) is 26.3 Å². The quantitative estimate of drug-likeness (QED) is 0.790. The number of hydrogen-bond acceptors (Lipinski definition) is 4. The molecule has 1 aromatic carbocycles. The van der Waals surface area contributed by atoms with Crippen LogP contribution in [0.15, 0.2) is 18.2 Å². The maximum atomic E-state index is 11.9. The fourth-order valence-electron chi connectivity index (χ4n) is 2.16. The number of carbonyl (C=O) groups is 1. The van der Waals surface area contributed by atoms with E-state index >= 15 is 0 Å². The number of aliphatic hydroxyl groups excluding tert-OH is 1. The van der Waals surface area contributed by atoms with Gasteiger partial charge in [-0.3, -0.25) is 0 Å². The summed E-state index contributed by atoms with van der Waals surface area (Å²) in [6.07, 6.45) is 0.529. The number of hydrogen-bond donors (Lipinski definition) is 2. The molecule has 0 saturated carbocycles. The summed E-state index contributed by atoms with van der Waals surface area (Å²) in [5, 5.41) is 12.3. The van der Waals surface area contributed by atoms with Crippen LogP contribution in [0, 0.1) is 12.8 Å². The topological polar surface area (TPSA) is 67.8 Å². The van der Waals surface area contributed by atoms with Gasteiger partial charge in [-0.2, -0.15) is 0 Å². The van der Waals surface area contributed by atoms with Crippen LogP contribution >= 0.6 is 0 Å². The van der Waals surface area contributed by atoms with E-state index in [1.807, 2.05) is 25.1 Å². The van der Waals surface area contributed by atoms with Crippen molar-refractivity contribution in [3.8, 4) is 5.75 Å². The predicted molar refractivity (Wildman–Crippen MR) is 95.3 cm³/mol. The molecule has 0 saturated heterocycles. The Morgan fingerprint density at radius 2 is 2.00 bits per heavy atom. The molecule has 0 radical (unpaired) electrons. The minimum Gasteiger partial charge on any atom is -0.493 e. The second-order valence-corrected chi connectivity index (χ2v) is 7.22. The predicted octanol–water partition coefficient (Wildman–Crippen LogP) is 3.98. The van der Waals surface area contributed by atoms with Gasteiger partial charge < -0.3 is 19.9 Å². The van der Waals surface area contributed by atoms with E-state index in [1.54, 1.807) is 20.8 Å². The maximum Gasteiger partial charge on any atom is 0.408 e. The van der Waals surface area contributed by atoms with E-state index in [0.717, 1.165) is 23.3 Å². The summed E-state index contributed by atoms with van der Waals surface area (Å²) in [5.74, 6) is 1.30. The molecule has 2 N–H and O–H groups in total. The lowest BCUT2D eigenvalue weighted by atomic mass is 10.0. The fraction of sp³-hybridized carbons (Fsp3) is 0.632. The van der Waals surface area contributed by atoms with E-state index in [4.69, 9.17) is 9.47 Å². The summed E-state index contributed by atoms with van der Waals surface area (Å²) < 4.78 is 11.0. The molecule has 0 fully saturated rings. The third-order valence-electron chi connectivity index (χ3n) is 3.72. The Bertz CT molecular complexity index is 537. The lowest BCUT2D eigenvalue weighted by Gasteiger charge is -2.24. The molecule has 1 rings (SSSR count). The van der Waals surface area contributed by atoms with Crippen LogP contribution in [0.2, 0.25) is 0 Å². The normalized spacial score (nSPS) is 14.0. The van der Waals surface area contributed by atoms with Crippen molar-refractivity contribution in [2.45, 2.75) is 59.6 Å². The first kappa shape index (κ1) is 20.3. The van der Waals surface area contributed by atoms with E-state index in [1.165, 1.54) is 0 Å². The highest BCUT2D eigenvalue weighted by atomic mass is 16.6. The Labute approximate surface area is 145 Å². The van der Waals surface area contributed by atoms with Gasteiger partial charge in [-0.15, -0.1) is 0 Å². The number of benzene rings is 1. The smallest absolute Gasteiger partial charge is 0.408 e. The number of nitrogens with one attached hydrogen (secondary N) is 1. The molecule has 24 heavy (non-hydrogen) atoms. The molecule has 5 nitrogen and oxygen atoms in total. The van der Waals surface area contributed by atoms with Crippen LogP contribution < -0.4 is 10.1 Å². The molecule has 0 heterocycles. The summed E-state index contributed by atoms with van der Waals surface area (Å²) in [6, 6.07) is 5.16. The van der Waals surface area contributed by atoms with Crippen LogP contribution in [0.3, 0.4) is 0 Å². The zero-order chi connectivity index (χ0) is 18.3. The second kappa shape index (κ2) is 8.92. The first-order valence-electron chi connectivity index (χ1n) is 8.50. The number of ether oxygens (including phenoxy) is 2. The summed E-state index contributed by atoms with van der Waals surface area (Å²) >= 11 is 0. The molecule has 0 aromatic heterocycles. The highest BCUT2D eigenvalue weighted by Gasteiger charge is 2.21. The Hall–Kier alpha value is -1.75. The summed E-state index contributed by atoms with van der Waals surface area (Å²) in [4.78, 5) is 11.9. The van der Waals surface area contributed by atoms with Crippen LogP contribution in [-0.4, -0.2) is 30.0 Å². The second-order valence-electron chi connectivity index (χ2n) is 7.22. The van der Waals surface area contributed by atoms with Crippen LogP contribution in [0.1, 0.15) is 58.2 Å². The third-order valence-corrected chi connectivity index (χ3v) is 3.72. The van der Waals surface area contributed by atoms with Crippen molar-refractivity contribution >= 4 is 6.09 Å². The van der Waals surface area contributed by atoms with Gasteiger partial charge in [0.2, 0.25) is 0 Å². The summed E-state index contributed by atoms with van der Waals surface area (Å²) in [5.41, 5.74) is 1.22. The maximum absolute atomic E-state index is 11.9. The number of rotatable bonds is 7. The van der Waals surface area contributed by atoms with E-state index < -0.39 is 17.7 Å². The zero-order valence-corrected chi connectivity index (χ0v) is 15.7. The standard InChI is InChI=1S/C19H31NO4/c1-7-13(2)12-23-15-8-9-16(14(3)10-15)17(11-21)20-18(22)24-19(4,5)6/h8-10,13,17,21H,7,11-12H2,1-6H3,(H,20,22)/t13-,17-/m0/s1. The van der Waals surface area contributed by atoms with Crippen LogP contribution in [0.5, 0.6) is 5.75 Å². The number of aliphatic hydroxyl groups is 1. The average molecular weight is 337 g/mol. The highest BCUT2D eigenvalue weighted by molar-refractivity contribution is 5.68. The van der Waals surface area contributed by atoms with Gasteiger partial charge in [0.1, 0.15) is 11.4 Å². The van der Waals surface area contributed by atoms with Crippen molar-refractivity contribution in [3.05, 3.63) is 29.3 Å². The molecule has 136 valence electrons. The Balaban J connectivity index is 2.77. The minimum absolute atomic E-state index is 0.201. The molecule has 0 aliphatic carbocycles. The molecule has 1 aromatic rings. The Morgan fingerprint density at radius 3 is 2.50 bits per heavy atom. The van der Waals surface area contributed by atoms with Crippen molar-refractivity contribution in [1.29, 1.82) is 0 Å². The van der Waals surface area contributed by atoms with Crippen molar-refractivity contribution in [1.82, 2.24) is 5.32 Å². The monoisotopic (exact) mass is 337 g/mol. The minimum atomic E-state index is -0.577. The molecule has 0 spiro atoms. The van der Waals surface area contributed by atoms with Crippen molar-refractivity contribution in [2.24, 2.45) is 5.92 Å². The first-order valence-corrected chi connectivity index (χ1v) is 8.50. The van der Waals surface area contributed by atoms with E-state index in [0.29, 0.717) is 12.5 Å². The van der Waals surface area contributed by atoms with Crippen LogP contribution in [-0.2, 0) is 4.74 Å². The summed E-state index contributed by atoms with van der Waals surface area (Å²) in [6.45, 7) is 12.1. The Kier molecular flexibility index (Phi) is 7.55. The molecule has 1 amide bonds. The zero-order valence-electron chi connectivity index (χ0n) is 15.7. The van der Waals surface area contributed by atoms with Gasteiger partial charge in [0, 0.05) is 0 Å². The summed E-state index contributed by atoms with van der Waals surface area (Å²) in [7, 11) is 0. The largest absolute Gasteiger partial charge is 0.493 e. The molecule has 0 aliphatic rings. The van der Waals surface area contributed by atoms with Gasteiger partial charge in [0.05, 0.1) is 19.3 Å². The Morgan fingerprint density at radius 1 is 1.33 bits per heavy atom. The number of alkyl carbamates (subject to hydrolysis) is 1. The van der Waals surface area contributed by atoms with Crippen molar-refractivity contribution in [3.63, 3.8) is 0 Å². The van der Waals surface area contributed by atoms with Gasteiger partial charge in [0.15, 0.2) is 0 Å². The fourth-order valence-corrected chi connectivity index (χ4v) is 2.16. The average Bonchev–Trinajstić information content (AvgIpc) is 2.49. The number of amides is 1. The van der Waals surface area contributed by atoms with Crippen LogP contribution in [0.25, 0.3) is 0 Å². The van der Waals surface area contributed by atoms with Gasteiger partial charge in [-0.05, 0) is 56.9 Å². The van der Waals surface area contributed by atoms with Gasteiger partial charge in [-0.25, -0.2) is 4.79 Å². The van der Waals surface area contributed by atoms with Gasteiger partial charge >= 0.3 is 6.09 Å². The van der Waals surface area contributed by atoms with E-state index in [-0.39, 0.29) is 6.61 Å². The van der Waals surface area contributed by atoms with Crippen LogP contribution in [0.4, 0.5) is 4.79 Å². The van der Waals surface area contributed by atoms with E-state index in [9.17, 15) is 9.90 Å². The lowest BCUT2D eigenvalue weighted by Crippen LogP contribution is -2.36. The first-order chi connectivity index (χ1) is 11.2. The molecule has 0 bridgehead atoms. The van der Waals surface area contributed by atoms with Crippen molar-refractivity contribution < 1.29 is 19.4 Å². The highest BCUT2D eigenvalue weighted by Crippen LogP contribution is 2.23. The molecular formula is C19H31NO4. The SMILES string of the molecule is CC[C@H](C)COc1ccc([C@H](CO)NC(=O)OC(C)(C)C)c(C)c1. The molecule has 0 aliphatic heterocycles. The lowest BCUT2D eigenvalue weighted by molar-refractivity contribution is 0.0481. The van der Waals surface area contributed by atoms with E-state index in [2.05, 4.69) is 19.2 Å². The number of carbonyl (C=O) groups excluding carboxylic acids is 1. The third kappa shape index (κ3) is 6.79. The number of aryl methyl sites for hydroxylation is 1. The molecule has 5 heteroatoms. The molecular weight excluding hydrogens is 306 g/mol. The molecule has 0 unspecified atom stereocenters. The van der Waals surface area contributed by atoms with Crippen molar-refractivity contribution in [2.75, 3.05) is 13.2 Å². The molecule has 2 atom stereocenters. The van der Waals surface area contributed by atoms with Gasteiger partial charge in [0.25, 0.3) is 0 Å².